The molecule has 572 valence electrons. The van der Waals surface area contributed by atoms with E-state index in [0.29, 0.717) is 140 Å². The number of H-pyrrole nitrogens is 2. The number of likely N-dealkylation sites (tertiary alicyclic amines) is 4. The second-order valence-electron chi connectivity index (χ2n) is 28.7. The number of carbonyl (C=O) groups excluding carboxylic acids is 4. The van der Waals surface area contributed by atoms with E-state index in [9.17, 15) is 19.2 Å². The average Bonchev–Trinajstić information content (AvgIpc) is 1.59. The highest BCUT2D eigenvalue weighted by molar-refractivity contribution is 5.92. The van der Waals surface area contributed by atoms with Crippen LogP contribution in [0.5, 0.6) is 23.0 Å². The fourth-order valence-electron chi connectivity index (χ4n) is 14.5. The van der Waals surface area contributed by atoms with Crippen molar-refractivity contribution in [2.45, 2.75) is 86.9 Å². The summed E-state index contributed by atoms with van der Waals surface area (Å²) in [5.41, 5.74) is 60.4. The highest BCUT2D eigenvalue weighted by Crippen LogP contribution is 2.36. The summed E-state index contributed by atoms with van der Waals surface area (Å²) in [6.45, 7) is 6.95. The summed E-state index contributed by atoms with van der Waals surface area (Å²) in [6.07, 6.45) is 7.18. The zero-order chi connectivity index (χ0) is 75.2. The number of nitrogens with zero attached hydrogens (tertiary/aromatic N) is 6. The first-order valence-electron chi connectivity index (χ1n) is 37.3. The minimum Gasteiger partial charge on any atom is -0.493 e. The molecule has 28 heteroatoms. The van der Waals surface area contributed by atoms with E-state index in [2.05, 4.69) is 52.5 Å². The molecule has 3 aromatic heterocycles. The molecule has 28 nitrogen and oxygen atoms in total. The molecule has 6 aliphatic rings. The highest BCUT2D eigenvalue weighted by atomic mass is 16.6. The van der Waals surface area contributed by atoms with E-state index in [1.165, 1.54) is 0 Å². The van der Waals surface area contributed by atoms with Crippen LogP contribution in [0.1, 0.15) is 37.1 Å². The Morgan fingerprint density at radius 3 is 0.926 bits per heavy atom. The monoisotopic (exact) mass is 1480 g/mol. The van der Waals surface area contributed by atoms with E-state index in [4.69, 9.17) is 93.7 Å². The number of carbonyl (C=O) groups is 4. The minimum absolute atomic E-state index is 0.125. The van der Waals surface area contributed by atoms with Gasteiger partial charge in [-0.05, 0) is 95.1 Å². The van der Waals surface area contributed by atoms with E-state index in [1.807, 2.05) is 111 Å². The maximum absolute atomic E-state index is 12.8. The molecule has 4 fully saturated rings. The van der Waals surface area contributed by atoms with Gasteiger partial charge in [-0.3, -0.25) is 48.7 Å². The summed E-state index contributed by atoms with van der Waals surface area (Å²) in [5, 5.41) is 1.49. The third kappa shape index (κ3) is 19.8. The number of nitrogens with two attached hydrogens (primary N) is 8. The van der Waals surface area contributed by atoms with Gasteiger partial charge >= 0.3 is 23.9 Å². The van der Waals surface area contributed by atoms with Crippen LogP contribution in [-0.4, -0.2) is 243 Å². The van der Waals surface area contributed by atoms with Crippen molar-refractivity contribution in [1.29, 1.82) is 0 Å². The van der Waals surface area contributed by atoms with Gasteiger partial charge in [0.1, 0.15) is 23.0 Å². The van der Waals surface area contributed by atoms with Crippen LogP contribution in [0.25, 0.3) is 78.7 Å². The molecule has 0 radical (unpaired) electrons. The van der Waals surface area contributed by atoms with Crippen molar-refractivity contribution in [2.75, 3.05) is 131 Å². The number of ether oxygens (including phenoxy) is 8. The van der Waals surface area contributed by atoms with Gasteiger partial charge in [-0.2, -0.15) is 0 Å². The first kappa shape index (κ1) is 76.5. The van der Waals surface area contributed by atoms with Crippen molar-refractivity contribution in [3.8, 4) is 67.5 Å². The van der Waals surface area contributed by atoms with Gasteiger partial charge in [-0.1, -0.05) is 60.7 Å². The lowest BCUT2D eigenvalue weighted by atomic mass is 10.0. The predicted molar refractivity (Wildman–Crippen MR) is 412 cm³/mol. The molecular formula is C80H100N16O12. The average molecular weight is 1480 g/mol. The van der Waals surface area contributed by atoms with Crippen molar-refractivity contribution >= 4 is 58.1 Å². The molecular weight excluding hydrogens is 1380 g/mol. The topological polar surface area (TPSA) is 421 Å². The Morgan fingerprint density at radius 1 is 0.333 bits per heavy atom. The molecule has 6 aliphatic heterocycles. The van der Waals surface area contributed by atoms with Crippen LogP contribution in [0.15, 0.2) is 121 Å². The van der Waals surface area contributed by atoms with Crippen molar-refractivity contribution in [3.63, 3.8) is 0 Å². The summed E-state index contributed by atoms with van der Waals surface area (Å²) in [4.78, 5) is 77.4. The summed E-state index contributed by atoms with van der Waals surface area (Å²) < 4.78 is 47.4. The molecule has 13 rings (SSSR count). The first-order valence-corrected chi connectivity index (χ1v) is 37.3. The largest absolute Gasteiger partial charge is 0.493 e. The fourth-order valence-corrected chi connectivity index (χ4v) is 14.5. The lowest BCUT2D eigenvalue weighted by Gasteiger charge is -2.14. The standard InChI is InChI=1S/C80H100N16O12/c81-57-37-93(38-58(57)82)45-73(97)105-32-2-28-101-53-14-8-49(9-15-53)77-65-20-22-67(89-65)78(50-10-16-54(17-11-50)102-29-3-33-106-74(98)46-94-39-59(83)60(84)40-94)69-24-26-71(91-69)80(52-6-1-7-56(36-52)104-31-5-35-108-76(100)48-96-43-63(87)64(88)44-96)72-27-25-70(92-72)79(68-23-21-66(77)90-68)51-12-18-55(19-13-51)103-30-4-34-107-75(99)47-95-41-61(85)62(86)42-95/h1,6-20,22-25,27,36,57-64,89,92H,2-5,21,26,28-35,37-48,81-88H2/t57-,58-,59-,60-,61-,62-,63-,64-/m1/s1. The second-order valence-corrected chi connectivity index (χ2v) is 28.7. The van der Waals surface area contributed by atoms with Gasteiger partial charge in [-0.15, -0.1) is 0 Å². The molecule has 0 saturated carbocycles. The lowest BCUT2D eigenvalue weighted by Crippen LogP contribution is -2.39. The molecule has 0 unspecified atom stereocenters. The molecule has 108 heavy (non-hydrogen) atoms. The third-order valence-corrected chi connectivity index (χ3v) is 20.2. The number of aromatic nitrogens is 4. The van der Waals surface area contributed by atoms with Crippen LogP contribution in [0, 0.1) is 0 Å². The van der Waals surface area contributed by atoms with Crippen LogP contribution in [0.3, 0.4) is 0 Å². The molecule has 0 aliphatic carbocycles. The number of nitrogens with one attached hydrogen (secondary N) is 2. The maximum atomic E-state index is 12.8. The quantitative estimate of drug-likeness (QED) is 0.0164. The number of aromatic amines is 2. The van der Waals surface area contributed by atoms with Gasteiger partial charge in [-0.25, -0.2) is 0 Å². The van der Waals surface area contributed by atoms with E-state index < -0.39 is 0 Å². The molecule has 0 spiro atoms. The van der Waals surface area contributed by atoms with Gasteiger partial charge < -0.3 is 93.7 Å². The second kappa shape index (κ2) is 36.0. The summed E-state index contributed by atoms with van der Waals surface area (Å²) >= 11 is 0. The van der Waals surface area contributed by atoms with Crippen molar-refractivity contribution in [2.24, 2.45) is 45.9 Å². The van der Waals surface area contributed by atoms with E-state index >= 15 is 0 Å². The zero-order valence-electron chi connectivity index (χ0n) is 60.9. The van der Waals surface area contributed by atoms with Gasteiger partial charge in [0.25, 0.3) is 0 Å². The first-order chi connectivity index (χ1) is 52.4. The SMILES string of the molecule is N[C@@H]1CN(CC(=O)OCCCOc2ccc(-c3c4nc(c(-c5ccc(OCCCOC(=O)CN6C[C@@H](N)[C@H](N)C6)cc5)c5ccc([nH]5)c(-c5cccc(OCCCOC(=O)CN6C[C@@H](N)[C@H](N)C6)c5)c5nc(c(-c6ccc(OCCCOC(=O)CN7C[C@@H](N)[C@H](N)C7)cc6)c6ccc3[nH]6)=CC5)=CC4)cc2)C[C@H]1N. The van der Waals surface area contributed by atoms with Crippen LogP contribution >= 0.6 is 0 Å². The number of fused-ring (bicyclic) bond motifs is 8. The molecule has 9 heterocycles. The van der Waals surface area contributed by atoms with Crippen LogP contribution in [0.2, 0.25) is 0 Å². The number of rotatable bonds is 32. The summed E-state index contributed by atoms with van der Waals surface area (Å²) in [7, 11) is 0. The summed E-state index contributed by atoms with van der Waals surface area (Å²) in [5.74, 6) is 1.23. The van der Waals surface area contributed by atoms with Crippen LogP contribution < -0.4 is 75.5 Å². The molecule has 0 amide bonds. The van der Waals surface area contributed by atoms with Gasteiger partial charge in [0.15, 0.2) is 0 Å². The Labute approximate surface area is 626 Å². The lowest BCUT2D eigenvalue weighted by molar-refractivity contribution is -0.145. The predicted octanol–water partition coefficient (Wildman–Crippen LogP) is 2.16. The van der Waals surface area contributed by atoms with E-state index in [1.54, 1.807) is 0 Å². The van der Waals surface area contributed by atoms with Crippen LogP contribution in [0.4, 0.5) is 0 Å². The number of benzene rings is 4. The Bertz CT molecular complexity index is 4470. The van der Waals surface area contributed by atoms with Crippen molar-refractivity contribution < 1.29 is 57.1 Å². The number of hydrogen-bond donors (Lipinski definition) is 10. The normalized spacial score (nSPS) is 21.0. The maximum Gasteiger partial charge on any atom is 0.320 e. The summed E-state index contributed by atoms with van der Waals surface area (Å²) in [6, 6.07) is 38.7. The smallest absolute Gasteiger partial charge is 0.320 e. The van der Waals surface area contributed by atoms with Gasteiger partial charge in [0.2, 0.25) is 0 Å². The third-order valence-electron chi connectivity index (χ3n) is 20.2. The molecule has 18 N–H and O–H groups in total. The van der Waals surface area contributed by atoms with Gasteiger partial charge in [0, 0.05) is 184 Å². The Morgan fingerprint density at radius 2 is 0.611 bits per heavy atom. The number of esters is 4. The molecule has 4 saturated heterocycles. The molecule has 8 bridgehead atoms. The Hall–Kier alpha value is -9.66. The highest BCUT2D eigenvalue weighted by Gasteiger charge is 2.32. The fraction of sp³-hybridized carbons (Fsp3) is 0.425. The Balaban J connectivity index is 0.825. The van der Waals surface area contributed by atoms with Crippen molar-refractivity contribution in [3.05, 3.63) is 143 Å². The van der Waals surface area contributed by atoms with Crippen LogP contribution in [-0.2, 0) is 51.0 Å². The van der Waals surface area contributed by atoms with E-state index in [0.717, 1.165) is 88.7 Å². The Kier molecular flexibility index (Phi) is 25.5. The molecule has 7 aromatic rings. The minimum atomic E-state index is -0.336. The zero-order valence-corrected chi connectivity index (χ0v) is 60.9. The number of hydrogen-bond acceptors (Lipinski definition) is 26. The molecule has 8 atom stereocenters. The van der Waals surface area contributed by atoms with Gasteiger partial charge in [0.05, 0.1) is 101 Å². The van der Waals surface area contributed by atoms with Crippen molar-refractivity contribution in [1.82, 2.24) is 39.5 Å². The van der Waals surface area contributed by atoms with E-state index in [-0.39, 0.29) is 125 Å². The molecule has 4 aromatic carbocycles.